The first-order chi connectivity index (χ1) is 11.4. The van der Waals surface area contributed by atoms with Gasteiger partial charge in [0.25, 0.3) is 11.5 Å². The van der Waals surface area contributed by atoms with E-state index in [0.717, 1.165) is 13.1 Å². The molecule has 3 heterocycles. The minimum atomic E-state index is -0.817. The molecule has 2 aliphatic rings. The Bertz CT molecular complexity index is 688. The van der Waals surface area contributed by atoms with Crippen LogP contribution in [0.1, 0.15) is 36.5 Å². The van der Waals surface area contributed by atoms with Crippen LogP contribution in [0.2, 0.25) is 5.02 Å². The van der Waals surface area contributed by atoms with Crippen molar-refractivity contribution in [2.45, 2.75) is 43.4 Å². The van der Waals surface area contributed by atoms with E-state index < -0.39 is 22.8 Å². The van der Waals surface area contributed by atoms with E-state index >= 15 is 0 Å². The summed E-state index contributed by atoms with van der Waals surface area (Å²) in [6, 6.07) is 1.32. The van der Waals surface area contributed by atoms with Crippen molar-refractivity contribution < 1.29 is 14.6 Å². The van der Waals surface area contributed by atoms with Crippen LogP contribution in [-0.2, 0) is 4.74 Å². The molecule has 0 saturated carbocycles. The van der Waals surface area contributed by atoms with Gasteiger partial charge in [0.2, 0.25) is 0 Å². The second kappa shape index (κ2) is 8.91. The highest BCUT2D eigenvalue weighted by molar-refractivity contribution is 6.30. The number of rotatable bonds is 2. The van der Waals surface area contributed by atoms with E-state index in [9.17, 15) is 14.7 Å². The molecule has 7 nitrogen and oxygen atoms in total. The summed E-state index contributed by atoms with van der Waals surface area (Å²) in [7, 11) is 0. The Morgan fingerprint density at radius 2 is 2.00 bits per heavy atom. The lowest BCUT2D eigenvalue weighted by atomic mass is 9.73. The number of piperidine rings is 1. The number of pyridine rings is 1. The minimum absolute atomic E-state index is 0. The first-order valence-corrected chi connectivity index (χ1v) is 8.48. The van der Waals surface area contributed by atoms with Gasteiger partial charge in [0, 0.05) is 12.8 Å². The number of ether oxygens (including phenoxy) is 1. The topological polar surface area (TPSA) is 103 Å². The summed E-state index contributed by atoms with van der Waals surface area (Å²) < 4.78 is 5.93. The van der Waals surface area contributed by atoms with E-state index in [1.165, 1.54) is 12.3 Å². The van der Waals surface area contributed by atoms with Crippen molar-refractivity contribution >= 4 is 42.3 Å². The Labute approximate surface area is 169 Å². The second-order valence-electron chi connectivity index (χ2n) is 6.75. The maximum atomic E-state index is 12.5. The normalized spacial score (nSPS) is 27.1. The fourth-order valence-electron chi connectivity index (χ4n) is 3.58. The third-order valence-electron chi connectivity index (χ3n) is 5.08. The lowest BCUT2D eigenvalue weighted by Crippen LogP contribution is -2.69. The van der Waals surface area contributed by atoms with Crippen LogP contribution in [0, 0.1) is 0 Å². The van der Waals surface area contributed by atoms with Gasteiger partial charge in [-0.2, -0.15) is 0 Å². The number of aromatic nitrogens is 1. The zero-order valence-electron chi connectivity index (χ0n) is 14.3. The largest absolute Gasteiger partial charge is 0.388 e. The van der Waals surface area contributed by atoms with E-state index in [-0.39, 0.29) is 41.3 Å². The Morgan fingerprint density at radius 3 is 2.62 bits per heavy atom. The first-order valence-electron chi connectivity index (χ1n) is 8.10. The third kappa shape index (κ3) is 4.35. The molecule has 0 radical (unpaired) electrons. The summed E-state index contributed by atoms with van der Waals surface area (Å²) in [6.45, 7) is 3.85. The van der Waals surface area contributed by atoms with Gasteiger partial charge in [-0.15, -0.1) is 24.8 Å². The maximum absolute atomic E-state index is 12.5. The van der Waals surface area contributed by atoms with E-state index in [0.29, 0.717) is 25.9 Å². The highest BCUT2D eigenvalue weighted by atomic mass is 35.5. The van der Waals surface area contributed by atoms with E-state index in [2.05, 4.69) is 15.6 Å². The van der Waals surface area contributed by atoms with Gasteiger partial charge in [0.1, 0.15) is 11.1 Å². The summed E-state index contributed by atoms with van der Waals surface area (Å²) in [5, 5.41) is 17.1. The molecule has 2 aliphatic heterocycles. The molecule has 4 N–H and O–H groups in total. The van der Waals surface area contributed by atoms with Crippen molar-refractivity contribution in [3.05, 3.63) is 33.2 Å². The van der Waals surface area contributed by atoms with Crippen LogP contribution in [0.25, 0.3) is 0 Å². The number of aliphatic hydroxyl groups is 1. The van der Waals surface area contributed by atoms with Gasteiger partial charge in [0.15, 0.2) is 0 Å². The number of H-pyrrole nitrogens is 1. The number of hydrogen-bond donors (Lipinski definition) is 4. The highest BCUT2D eigenvalue weighted by Gasteiger charge is 2.53. The summed E-state index contributed by atoms with van der Waals surface area (Å²) in [5.74, 6) is -0.388. The third-order valence-corrected chi connectivity index (χ3v) is 5.36. The standard InChI is InChI=1S/C16H22ClN3O4.2ClH/c1-15(20-12(21)10-8-11(17)13(22)19-9-10)4-7-24-16(14(15)23)2-5-18-6-3-16;;/h8-9,14,18,23H,2-7H2,1H3,(H,19,22)(H,20,21);2*1H/t14-,15+;;/m0../s1. The molecule has 2 fully saturated rings. The summed E-state index contributed by atoms with van der Waals surface area (Å²) in [5.41, 5.74) is -1.64. The monoisotopic (exact) mass is 427 g/mol. The van der Waals surface area contributed by atoms with Crippen LogP contribution >= 0.6 is 36.4 Å². The molecular formula is C16H24Cl3N3O4. The average molecular weight is 429 g/mol. The number of amides is 1. The molecule has 0 unspecified atom stereocenters. The fourth-order valence-corrected chi connectivity index (χ4v) is 3.75. The molecule has 10 heteroatoms. The number of nitrogens with one attached hydrogen (secondary N) is 3. The molecule has 1 spiro atoms. The summed E-state index contributed by atoms with van der Waals surface area (Å²) in [6.07, 6.45) is 2.40. The Kier molecular flexibility index (Phi) is 7.95. The van der Waals surface area contributed by atoms with Crippen LogP contribution in [-0.4, -0.2) is 52.9 Å². The number of aromatic amines is 1. The van der Waals surface area contributed by atoms with E-state index in [1.807, 2.05) is 6.92 Å². The maximum Gasteiger partial charge on any atom is 0.266 e. The number of hydrogen-bond acceptors (Lipinski definition) is 5. The molecule has 2 atom stereocenters. The van der Waals surface area contributed by atoms with Crippen molar-refractivity contribution in [1.29, 1.82) is 0 Å². The summed E-state index contributed by atoms with van der Waals surface area (Å²) in [4.78, 5) is 26.3. The summed E-state index contributed by atoms with van der Waals surface area (Å²) >= 11 is 5.78. The predicted molar refractivity (Wildman–Crippen MR) is 104 cm³/mol. The van der Waals surface area contributed by atoms with Crippen LogP contribution in [0.5, 0.6) is 0 Å². The highest BCUT2D eigenvalue weighted by Crippen LogP contribution is 2.38. The molecule has 2 saturated heterocycles. The zero-order chi connectivity index (χ0) is 17.4. The number of carbonyl (C=O) groups is 1. The fraction of sp³-hybridized carbons (Fsp3) is 0.625. The minimum Gasteiger partial charge on any atom is -0.388 e. The molecule has 0 aromatic carbocycles. The molecule has 1 aromatic heterocycles. The van der Waals surface area contributed by atoms with Crippen molar-refractivity contribution in [2.24, 2.45) is 0 Å². The second-order valence-corrected chi connectivity index (χ2v) is 7.16. The smallest absolute Gasteiger partial charge is 0.266 e. The van der Waals surface area contributed by atoms with Crippen LogP contribution in [0.3, 0.4) is 0 Å². The Hall–Kier alpha value is -0.830. The molecule has 1 amide bonds. The van der Waals surface area contributed by atoms with Gasteiger partial charge in [-0.1, -0.05) is 11.6 Å². The van der Waals surface area contributed by atoms with Gasteiger partial charge in [-0.25, -0.2) is 0 Å². The number of halogens is 3. The molecule has 3 rings (SSSR count). The lowest BCUT2D eigenvalue weighted by Gasteiger charge is -2.52. The molecule has 148 valence electrons. The Balaban J connectivity index is 0.00000169. The number of carbonyl (C=O) groups excluding carboxylic acids is 1. The molecule has 0 aliphatic carbocycles. The molecule has 26 heavy (non-hydrogen) atoms. The van der Waals surface area contributed by atoms with Crippen LogP contribution in [0.4, 0.5) is 0 Å². The van der Waals surface area contributed by atoms with Gasteiger partial charge in [0.05, 0.1) is 16.7 Å². The van der Waals surface area contributed by atoms with E-state index in [4.69, 9.17) is 16.3 Å². The SMILES string of the molecule is C[C@@]1(NC(=O)c2c[nH]c(=O)c(Cl)c2)CCOC2(CCNCC2)[C@H]1O.Cl.Cl. The van der Waals surface area contributed by atoms with Gasteiger partial charge < -0.3 is 25.5 Å². The molecule has 0 bridgehead atoms. The van der Waals surface area contributed by atoms with Gasteiger partial charge in [-0.3, -0.25) is 9.59 Å². The molecular weight excluding hydrogens is 405 g/mol. The van der Waals surface area contributed by atoms with Crippen LogP contribution in [0.15, 0.2) is 17.1 Å². The predicted octanol–water partition coefficient (Wildman–Crippen LogP) is 1.26. The first kappa shape index (κ1) is 23.2. The van der Waals surface area contributed by atoms with E-state index in [1.54, 1.807) is 0 Å². The van der Waals surface area contributed by atoms with Crippen molar-refractivity contribution in [3.63, 3.8) is 0 Å². The van der Waals surface area contributed by atoms with Crippen molar-refractivity contribution in [3.8, 4) is 0 Å². The van der Waals surface area contributed by atoms with Gasteiger partial charge >= 0.3 is 0 Å². The van der Waals surface area contributed by atoms with Gasteiger partial charge in [-0.05, 0) is 45.3 Å². The lowest BCUT2D eigenvalue weighted by molar-refractivity contribution is -0.197. The van der Waals surface area contributed by atoms with Crippen molar-refractivity contribution in [1.82, 2.24) is 15.6 Å². The number of aliphatic hydroxyl groups excluding tert-OH is 1. The van der Waals surface area contributed by atoms with Crippen LogP contribution < -0.4 is 16.2 Å². The average Bonchev–Trinajstić information content (AvgIpc) is 2.56. The quantitative estimate of drug-likeness (QED) is 0.568. The molecule has 1 aromatic rings. The zero-order valence-corrected chi connectivity index (χ0v) is 16.7. The Morgan fingerprint density at radius 1 is 1.35 bits per heavy atom. The van der Waals surface area contributed by atoms with Crippen molar-refractivity contribution in [2.75, 3.05) is 19.7 Å².